The molecule has 4 heteroatoms. The van der Waals surface area contributed by atoms with Gasteiger partial charge in [0.05, 0.1) is 19.3 Å². The van der Waals surface area contributed by atoms with E-state index in [0.29, 0.717) is 13.2 Å². The molecule has 0 aliphatic carbocycles. The molecule has 19 heavy (non-hydrogen) atoms. The number of rotatable bonds is 3. The van der Waals surface area contributed by atoms with Crippen LogP contribution in [0.4, 0.5) is 0 Å². The smallest absolute Gasteiger partial charge is 0.161 e. The third-order valence-electron chi connectivity index (χ3n) is 3.91. The van der Waals surface area contributed by atoms with Crippen molar-refractivity contribution in [1.29, 1.82) is 0 Å². The quantitative estimate of drug-likeness (QED) is 0.910. The van der Waals surface area contributed by atoms with E-state index in [1.54, 1.807) is 0 Å². The first-order valence-corrected chi connectivity index (χ1v) is 6.68. The summed E-state index contributed by atoms with van der Waals surface area (Å²) in [6.45, 7) is 5.36. The number of nitrogens with zero attached hydrogens (tertiary/aromatic N) is 1. The van der Waals surface area contributed by atoms with Gasteiger partial charge in [-0.1, -0.05) is 6.07 Å². The van der Waals surface area contributed by atoms with Gasteiger partial charge in [-0.15, -0.1) is 0 Å². The highest BCUT2D eigenvalue weighted by Crippen LogP contribution is 2.36. The molecule has 1 N–H and O–H groups in total. The maximum atomic E-state index is 10.6. The van der Waals surface area contributed by atoms with Crippen molar-refractivity contribution in [2.24, 2.45) is 0 Å². The molecule has 1 aliphatic heterocycles. The lowest BCUT2D eigenvalue weighted by atomic mass is 9.90. The van der Waals surface area contributed by atoms with Crippen molar-refractivity contribution >= 4 is 0 Å². The number of aliphatic hydroxyl groups is 1. The molecule has 1 atom stereocenters. The van der Waals surface area contributed by atoms with Crippen molar-refractivity contribution in [3.05, 3.63) is 23.8 Å². The number of likely N-dealkylation sites (N-methyl/N-ethyl adjacent to an activating group) is 1. The second-order valence-corrected chi connectivity index (χ2v) is 5.71. The van der Waals surface area contributed by atoms with Gasteiger partial charge in [0.1, 0.15) is 0 Å². The van der Waals surface area contributed by atoms with E-state index in [4.69, 9.17) is 9.47 Å². The maximum Gasteiger partial charge on any atom is 0.161 e. The van der Waals surface area contributed by atoms with Crippen LogP contribution in [0, 0.1) is 0 Å². The Morgan fingerprint density at radius 1 is 1.16 bits per heavy atom. The fraction of sp³-hybridized carbons (Fsp3) is 0.600. The summed E-state index contributed by atoms with van der Waals surface area (Å²) in [5.41, 5.74) is 0.503. The zero-order valence-electron chi connectivity index (χ0n) is 12.1. The van der Waals surface area contributed by atoms with E-state index in [-0.39, 0.29) is 5.54 Å². The maximum absolute atomic E-state index is 10.6. The van der Waals surface area contributed by atoms with Gasteiger partial charge in [-0.25, -0.2) is 0 Å². The second kappa shape index (κ2) is 5.39. The Morgan fingerprint density at radius 2 is 1.79 bits per heavy atom. The Kier molecular flexibility index (Phi) is 4.02. The van der Waals surface area contributed by atoms with E-state index in [9.17, 15) is 5.11 Å². The normalized spacial score (nSPS) is 17.2. The van der Waals surface area contributed by atoms with Crippen molar-refractivity contribution in [1.82, 2.24) is 4.90 Å². The molecular weight excluding hydrogens is 242 g/mol. The third-order valence-corrected chi connectivity index (χ3v) is 3.91. The minimum Gasteiger partial charge on any atom is -0.490 e. The number of fused-ring (bicyclic) bond motifs is 1. The highest BCUT2D eigenvalue weighted by molar-refractivity contribution is 5.44. The SMILES string of the molecule is CN(C)C(C)(C)C(O)c1ccc2c(c1)OCCCO2. The molecule has 1 aromatic carbocycles. The third kappa shape index (κ3) is 2.85. The summed E-state index contributed by atoms with van der Waals surface area (Å²) in [6, 6.07) is 5.67. The van der Waals surface area contributed by atoms with Crippen LogP contribution in [-0.2, 0) is 0 Å². The Hall–Kier alpha value is -1.26. The molecule has 106 valence electrons. The first-order valence-electron chi connectivity index (χ1n) is 6.68. The lowest BCUT2D eigenvalue weighted by molar-refractivity contribution is 0.0162. The van der Waals surface area contributed by atoms with Crippen molar-refractivity contribution in [2.75, 3.05) is 27.3 Å². The number of hydrogen-bond acceptors (Lipinski definition) is 4. The van der Waals surface area contributed by atoms with Crippen LogP contribution in [0.25, 0.3) is 0 Å². The van der Waals surface area contributed by atoms with Crippen molar-refractivity contribution < 1.29 is 14.6 Å². The lowest BCUT2D eigenvalue weighted by Gasteiger charge is -2.37. The summed E-state index contributed by atoms with van der Waals surface area (Å²) in [6.07, 6.45) is 0.301. The van der Waals surface area contributed by atoms with E-state index >= 15 is 0 Å². The molecule has 0 aromatic heterocycles. The predicted molar refractivity (Wildman–Crippen MR) is 74.8 cm³/mol. The molecule has 1 heterocycles. The van der Waals surface area contributed by atoms with Crippen LogP contribution in [0.5, 0.6) is 11.5 Å². The van der Waals surface area contributed by atoms with Gasteiger partial charge in [0.25, 0.3) is 0 Å². The number of benzene rings is 1. The van der Waals surface area contributed by atoms with E-state index in [2.05, 4.69) is 0 Å². The summed E-state index contributed by atoms with van der Waals surface area (Å²) in [4.78, 5) is 2.01. The first-order chi connectivity index (χ1) is 8.93. The zero-order chi connectivity index (χ0) is 14.0. The van der Waals surface area contributed by atoms with Crippen LogP contribution in [0.2, 0.25) is 0 Å². The molecule has 0 radical (unpaired) electrons. The van der Waals surface area contributed by atoms with Gasteiger partial charge in [-0.05, 0) is 45.6 Å². The molecule has 0 fully saturated rings. The Balaban J connectivity index is 2.29. The summed E-state index contributed by atoms with van der Waals surface area (Å²) in [5.74, 6) is 1.49. The average molecular weight is 265 g/mol. The average Bonchev–Trinajstić information content (AvgIpc) is 2.61. The molecule has 0 saturated carbocycles. The molecular formula is C15H23NO3. The standard InChI is InChI=1S/C15H23NO3/c1-15(2,16(3)4)14(17)11-6-7-12-13(10-11)19-9-5-8-18-12/h6-7,10,14,17H,5,8-9H2,1-4H3. The molecule has 4 nitrogen and oxygen atoms in total. The predicted octanol–water partition coefficient (Wildman–Crippen LogP) is 2.22. The van der Waals surface area contributed by atoms with E-state index in [1.165, 1.54) is 0 Å². The molecule has 1 aromatic rings. The minimum atomic E-state index is -0.584. The van der Waals surface area contributed by atoms with Crippen LogP contribution in [0.1, 0.15) is 31.9 Å². The largest absolute Gasteiger partial charge is 0.490 e. The van der Waals surface area contributed by atoms with Crippen LogP contribution in [0.15, 0.2) is 18.2 Å². The fourth-order valence-electron chi connectivity index (χ4n) is 2.00. The molecule has 0 bridgehead atoms. The Morgan fingerprint density at radius 3 is 2.42 bits per heavy atom. The van der Waals surface area contributed by atoms with Gasteiger partial charge in [0.2, 0.25) is 0 Å². The lowest BCUT2D eigenvalue weighted by Crippen LogP contribution is -2.43. The topological polar surface area (TPSA) is 41.9 Å². The van der Waals surface area contributed by atoms with Crippen LogP contribution in [0.3, 0.4) is 0 Å². The summed E-state index contributed by atoms with van der Waals surface area (Å²) in [7, 11) is 3.93. The van der Waals surface area contributed by atoms with Crippen molar-refractivity contribution in [2.45, 2.75) is 31.9 Å². The van der Waals surface area contributed by atoms with Gasteiger partial charge in [-0.2, -0.15) is 0 Å². The molecule has 0 amide bonds. The molecule has 1 aliphatic rings. The van der Waals surface area contributed by atoms with Crippen molar-refractivity contribution in [3.63, 3.8) is 0 Å². The highest BCUT2D eigenvalue weighted by Gasteiger charge is 2.31. The fourth-order valence-corrected chi connectivity index (χ4v) is 2.00. The van der Waals surface area contributed by atoms with Crippen LogP contribution >= 0.6 is 0 Å². The van der Waals surface area contributed by atoms with E-state index in [1.807, 2.05) is 51.0 Å². The Bertz CT molecular complexity index is 443. The van der Waals surface area contributed by atoms with Gasteiger partial charge in [-0.3, -0.25) is 0 Å². The molecule has 0 saturated heterocycles. The molecule has 0 spiro atoms. The Labute approximate surface area is 114 Å². The zero-order valence-corrected chi connectivity index (χ0v) is 12.1. The summed E-state index contributed by atoms with van der Waals surface area (Å²) in [5, 5.41) is 10.6. The number of hydrogen-bond donors (Lipinski definition) is 1. The summed E-state index contributed by atoms with van der Waals surface area (Å²) >= 11 is 0. The van der Waals surface area contributed by atoms with Gasteiger partial charge < -0.3 is 19.5 Å². The number of aliphatic hydroxyl groups excluding tert-OH is 1. The van der Waals surface area contributed by atoms with Gasteiger partial charge in [0.15, 0.2) is 11.5 Å². The van der Waals surface area contributed by atoms with Gasteiger partial charge >= 0.3 is 0 Å². The van der Waals surface area contributed by atoms with Gasteiger partial charge in [0, 0.05) is 12.0 Å². The molecule has 1 unspecified atom stereocenters. The first kappa shape index (κ1) is 14.2. The van der Waals surface area contributed by atoms with Crippen molar-refractivity contribution in [3.8, 4) is 11.5 Å². The van der Waals surface area contributed by atoms with E-state index < -0.39 is 6.10 Å². The van der Waals surface area contributed by atoms with Crippen LogP contribution < -0.4 is 9.47 Å². The monoisotopic (exact) mass is 265 g/mol. The number of ether oxygens (including phenoxy) is 2. The van der Waals surface area contributed by atoms with Crippen LogP contribution in [-0.4, -0.2) is 42.9 Å². The summed E-state index contributed by atoms with van der Waals surface area (Å²) < 4.78 is 11.3. The highest BCUT2D eigenvalue weighted by atomic mass is 16.5. The second-order valence-electron chi connectivity index (χ2n) is 5.71. The van der Waals surface area contributed by atoms with E-state index in [0.717, 1.165) is 23.5 Å². The minimum absolute atomic E-state index is 0.347. The molecule has 2 rings (SSSR count).